The lowest BCUT2D eigenvalue weighted by molar-refractivity contribution is 0.584. The van der Waals surface area contributed by atoms with E-state index < -0.39 is 9.84 Å². The molecule has 4 heteroatoms. The van der Waals surface area contributed by atoms with Gasteiger partial charge in [-0.3, -0.25) is 0 Å². The van der Waals surface area contributed by atoms with E-state index in [9.17, 15) is 8.42 Å². The van der Waals surface area contributed by atoms with Crippen molar-refractivity contribution in [1.82, 2.24) is 5.32 Å². The highest BCUT2D eigenvalue weighted by molar-refractivity contribution is 7.92. The normalized spacial score (nSPS) is 27.1. The minimum Gasteiger partial charge on any atom is -0.315 e. The maximum atomic E-state index is 11.2. The average molecular weight is 163 g/mol. The fourth-order valence-electron chi connectivity index (χ4n) is 1.17. The number of hydrogen-bond donors (Lipinski definition) is 1. The van der Waals surface area contributed by atoms with Gasteiger partial charge in [-0.25, -0.2) is 8.42 Å². The van der Waals surface area contributed by atoms with Crippen LogP contribution in [0.2, 0.25) is 0 Å². The Hall–Kier alpha value is -0.0900. The number of hydrogen-bond acceptors (Lipinski definition) is 3. The zero-order valence-electron chi connectivity index (χ0n) is 6.13. The van der Waals surface area contributed by atoms with Crippen molar-refractivity contribution in [3.05, 3.63) is 0 Å². The second kappa shape index (κ2) is 2.88. The maximum Gasteiger partial charge on any atom is 0.154 e. The summed E-state index contributed by atoms with van der Waals surface area (Å²) in [7, 11) is -2.76. The first-order valence-corrected chi connectivity index (χ1v) is 5.30. The molecule has 0 aliphatic carbocycles. The lowest BCUT2D eigenvalue weighted by atomic mass is 10.4. The summed E-state index contributed by atoms with van der Waals surface area (Å²) in [5.41, 5.74) is 0. The molecule has 1 unspecified atom stereocenters. The fraction of sp³-hybridized carbons (Fsp3) is 1.00. The molecular weight excluding hydrogens is 150 g/mol. The van der Waals surface area contributed by atoms with E-state index in [1.165, 1.54) is 0 Å². The molecule has 10 heavy (non-hydrogen) atoms. The van der Waals surface area contributed by atoms with E-state index in [-0.39, 0.29) is 11.0 Å². The summed E-state index contributed by atoms with van der Waals surface area (Å²) < 4.78 is 22.3. The highest BCUT2D eigenvalue weighted by Gasteiger charge is 2.26. The van der Waals surface area contributed by atoms with Crippen LogP contribution < -0.4 is 5.32 Å². The van der Waals surface area contributed by atoms with Gasteiger partial charge in [-0.1, -0.05) is 6.92 Å². The minimum absolute atomic E-state index is 0.113. The van der Waals surface area contributed by atoms with Gasteiger partial charge in [0.25, 0.3) is 0 Å². The van der Waals surface area contributed by atoms with Gasteiger partial charge in [0.05, 0.1) is 5.25 Å². The fourth-order valence-corrected chi connectivity index (χ4v) is 2.49. The molecule has 0 bridgehead atoms. The lowest BCUT2D eigenvalue weighted by Crippen LogP contribution is -2.25. The molecule has 1 aliphatic rings. The van der Waals surface area contributed by atoms with E-state index in [0.29, 0.717) is 6.54 Å². The smallest absolute Gasteiger partial charge is 0.154 e. The molecule has 0 saturated carbocycles. The van der Waals surface area contributed by atoms with Crippen LogP contribution in [-0.2, 0) is 9.84 Å². The summed E-state index contributed by atoms with van der Waals surface area (Å²) in [6, 6.07) is 0. The van der Waals surface area contributed by atoms with Gasteiger partial charge >= 0.3 is 0 Å². The molecule has 0 aromatic rings. The van der Waals surface area contributed by atoms with Gasteiger partial charge in [0.1, 0.15) is 0 Å². The predicted molar refractivity (Wildman–Crippen MR) is 40.7 cm³/mol. The Bertz CT molecular complexity index is 192. The number of sulfone groups is 1. The molecule has 1 saturated heterocycles. The lowest BCUT2D eigenvalue weighted by Gasteiger charge is -2.06. The molecule has 0 radical (unpaired) electrons. The molecule has 0 amide bonds. The van der Waals surface area contributed by atoms with Crippen LogP contribution in [0.15, 0.2) is 0 Å². The van der Waals surface area contributed by atoms with Crippen molar-refractivity contribution in [1.29, 1.82) is 0 Å². The molecule has 3 nitrogen and oxygen atoms in total. The maximum absolute atomic E-state index is 11.2. The second-order valence-electron chi connectivity index (χ2n) is 2.57. The van der Waals surface area contributed by atoms with Crippen LogP contribution in [0.5, 0.6) is 0 Å². The van der Waals surface area contributed by atoms with Crippen molar-refractivity contribution in [3.8, 4) is 0 Å². The van der Waals surface area contributed by atoms with Crippen LogP contribution in [0, 0.1) is 0 Å². The van der Waals surface area contributed by atoms with E-state index in [1.54, 1.807) is 6.92 Å². The molecule has 0 spiro atoms. The van der Waals surface area contributed by atoms with Gasteiger partial charge in [0.2, 0.25) is 0 Å². The third-order valence-corrected chi connectivity index (χ3v) is 4.15. The molecule has 60 valence electrons. The van der Waals surface area contributed by atoms with Crippen molar-refractivity contribution >= 4 is 9.84 Å². The molecule has 1 rings (SSSR count). The highest BCUT2D eigenvalue weighted by atomic mass is 32.2. The van der Waals surface area contributed by atoms with E-state index >= 15 is 0 Å². The van der Waals surface area contributed by atoms with E-state index in [0.717, 1.165) is 13.0 Å². The van der Waals surface area contributed by atoms with Crippen LogP contribution in [0.3, 0.4) is 0 Å². The van der Waals surface area contributed by atoms with Crippen LogP contribution in [0.1, 0.15) is 13.3 Å². The Morgan fingerprint density at radius 3 is 2.70 bits per heavy atom. The van der Waals surface area contributed by atoms with Crippen molar-refractivity contribution in [3.63, 3.8) is 0 Å². The summed E-state index contributed by atoms with van der Waals surface area (Å²) in [4.78, 5) is 0. The zero-order chi connectivity index (χ0) is 7.61. The largest absolute Gasteiger partial charge is 0.315 e. The Morgan fingerprint density at radius 1 is 1.60 bits per heavy atom. The zero-order valence-corrected chi connectivity index (χ0v) is 6.95. The standard InChI is InChI=1S/C6H13NO2S/c1-2-10(8,9)6-3-4-7-5-6/h6-7H,2-5H2,1H3. The van der Waals surface area contributed by atoms with Crippen molar-refractivity contribution in [2.75, 3.05) is 18.8 Å². The highest BCUT2D eigenvalue weighted by Crippen LogP contribution is 2.09. The van der Waals surface area contributed by atoms with Crippen molar-refractivity contribution < 1.29 is 8.42 Å². The van der Waals surface area contributed by atoms with Crippen LogP contribution in [0.25, 0.3) is 0 Å². The number of nitrogens with one attached hydrogen (secondary N) is 1. The summed E-state index contributed by atoms with van der Waals surface area (Å²) in [5.74, 6) is 0.277. The topological polar surface area (TPSA) is 46.2 Å². The van der Waals surface area contributed by atoms with Crippen LogP contribution >= 0.6 is 0 Å². The first-order valence-electron chi connectivity index (χ1n) is 3.59. The molecule has 1 aliphatic heterocycles. The number of rotatable bonds is 2. The quantitative estimate of drug-likeness (QED) is 0.612. The van der Waals surface area contributed by atoms with Crippen molar-refractivity contribution in [2.24, 2.45) is 0 Å². The van der Waals surface area contributed by atoms with Crippen molar-refractivity contribution in [2.45, 2.75) is 18.6 Å². The van der Waals surface area contributed by atoms with Crippen LogP contribution in [0.4, 0.5) is 0 Å². The predicted octanol–water partition coefficient (Wildman–Crippen LogP) is -0.217. The van der Waals surface area contributed by atoms with E-state index in [2.05, 4.69) is 5.32 Å². The van der Waals surface area contributed by atoms with E-state index in [1.807, 2.05) is 0 Å². The average Bonchev–Trinajstić information content (AvgIpc) is 2.38. The van der Waals surface area contributed by atoms with Gasteiger partial charge in [-0.15, -0.1) is 0 Å². The SMILES string of the molecule is CCS(=O)(=O)C1CCNC1. The monoisotopic (exact) mass is 163 g/mol. The van der Waals surface area contributed by atoms with E-state index in [4.69, 9.17) is 0 Å². The molecular formula is C6H13NO2S. The first-order chi connectivity index (χ1) is 4.67. The summed E-state index contributed by atoms with van der Waals surface area (Å²) in [6.07, 6.45) is 0.788. The molecule has 0 aromatic heterocycles. The van der Waals surface area contributed by atoms with Gasteiger partial charge in [0, 0.05) is 12.3 Å². The third kappa shape index (κ3) is 1.49. The molecule has 0 aromatic carbocycles. The Labute approximate surface area is 61.7 Å². The van der Waals surface area contributed by atoms with Gasteiger partial charge in [-0.2, -0.15) is 0 Å². The van der Waals surface area contributed by atoms with Gasteiger partial charge < -0.3 is 5.32 Å². The molecule has 1 N–H and O–H groups in total. The second-order valence-corrected chi connectivity index (χ2v) is 5.14. The Kier molecular flexibility index (Phi) is 2.31. The summed E-state index contributed by atoms with van der Waals surface area (Å²) in [5, 5.41) is 2.92. The Balaban J connectivity index is 2.63. The Morgan fingerprint density at radius 2 is 2.30 bits per heavy atom. The first kappa shape index (κ1) is 8.01. The third-order valence-electron chi connectivity index (χ3n) is 1.93. The van der Waals surface area contributed by atoms with Gasteiger partial charge in [0.15, 0.2) is 9.84 Å². The molecule has 1 heterocycles. The molecule has 1 fully saturated rings. The summed E-state index contributed by atoms with van der Waals surface area (Å²) >= 11 is 0. The minimum atomic E-state index is -2.76. The summed E-state index contributed by atoms with van der Waals surface area (Å²) in [6.45, 7) is 3.20. The van der Waals surface area contributed by atoms with Crippen LogP contribution in [-0.4, -0.2) is 32.5 Å². The molecule has 1 atom stereocenters. The van der Waals surface area contributed by atoms with Gasteiger partial charge in [-0.05, 0) is 13.0 Å².